The molecule has 0 bridgehead atoms. The third kappa shape index (κ3) is 5.09. The zero-order valence-corrected chi connectivity index (χ0v) is 17.1. The smallest absolute Gasteiger partial charge is 0.222 e. The SMILES string of the molecule is CC(C)CC(=O)N1CCCC(C[C@H](C)Cc2ccc3c(c2)CN(C)C3)C1. The van der Waals surface area contributed by atoms with Gasteiger partial charge in [0.1, 0.15) is 0 Å². The highest BCUT2D eigenvalue weighted by Crippen LogP contribution is 2.28. The Morgan fingerprint density at radius 3 is 2.73 bits per heavy atom. The molecule has 3 heteroatoms. The summed E-state index contributed by atoms with van der Waals surface area (Å²) < 4.78 is 0. The Balaban J connectivity index is 1.51. The van der Waals surface area contributed by atoms with Crippen molar-refractivity contribution in [2.24, 2.45) is 17.8 Å². The molecule has 1 amide bonds. The van der Waals surface area contributed by atoms with E-state index in [-0.39, 0.29) is 0 Å². The summed E-state index contributed by atoms with van der Waals surface area (Å²) in [6, 6.07) is 7.08. The number of amides is 1. The summed E-state index contributed by atoms with van der Waals surface area (Å²) in [5.74, 6) is 2.17. The van der Waals surface area contributed by atoms with Gasteiger partial charge in [-0.05, 0) is 67.2 Å². The Hall–Kier alpha value is -1.35. The van der Waals surface area contributed by atoms with Crippen LogP contribution in [0.2, 0.25) is 0 Å². The van der Waals surface area contributed by atoms with Crippen molar-refractivity contribution >= 4 is 5.91 Å². The van der Waals surface area contributed by atoms with Crippen molar-refractivity contribution in [3.8, 4) is 0 Å². The fourth-order valence-electron chi connectivity index (χ4n) is 4.76. The zero-order chi connectivity index (χ0) is 18.7. The van der Waals surface area contributed by atoms with Crippen LogP contribution < -0.4 is 0 Å². The number of hydrogen-bond donors (Lipinski definition) is 0. The van der Waals surface area contributed by atoms with E-state index in [1.807, 2.05) is 0 Å². The first kappa shape index (κ1) is 19.4. The van der Waals surface area contributed by atoms with Gasteiger partial charge in [0.2, 0.25) is 5.91 Å². The number of nitrogens with zero attached hydrogens (tertiary/aromatic N) is 2. The van der Waals surface area contributed by atoms with Crippen LogP contribution >= 0.6 is 0 Å². The minimum absolute atomic E-state index is 0.361. The van der Waals surface area contributed by atoms with E-state index in [0.717, 1.165) is 32.6 Å². The van der Waals surface area contributed by atoms with Crippen molar-refractivity contribution in [2.75, 3.05) is 20.1 Å². The van der Waals surface area contributed by atoms with Crippen molar-refractivity contribution in [1.29, 1.82) is 0 Å². The fraction of sp³-hybridized carbons (Fsp3) is 0.696. The molecule has 0 aliphatic carbocycles. The lowest BCUT2D eigenvalue weighted by Crippen LogP contribution is -2.40. The van der Waals surface area contributed by atoms with E-state index in [0.29, 0.717) is 30.1 Å². The Morgan fingerprint density at radius 1 is 1.19 bits per heavy atom. The van der Waals surface area contributed by atoms with Gasteiger partial charge < -0.3 is 4.90 Å². The number of likely N-dealkylation sites (tertiary alicyclic amines) is 1. The highest BCUT2D eigenvalue weighted by Gasteiger charge is 2.25. The molecule has 1 aromatic rings. The van der Waals surface area contributed by atoms with Gasteiger partial charge in [-0.25, -0.2) is 0 Å². The summed E-state index contributed by atoms with van der Waals surface area (Å²) >= 11 is 0. The minimum atomic E-state index is 0.361. The highest BCUT2D eigenvalue weighted by molar-refractivity contribution is 5.76. The molecule has 3 nitrogen and oxygen atoms in total. The quantitative estimate of drug-likeness (QED) is 0.750. The first-order chi connectivity index (χ1) is 12.4. The topological polar surface area (TPSA) is 23.6 Å². The first-order valence-electron chi connectivity index (χ1n) is 10.5. The molecule has 1 fully saturated rings. The number of hydrogen-bond acceptors (Lipinski definition) is 2. The lowest BCUT2D eigenvalue weighted by molar-refractivity contribution is -0.133. The number of fused-ring (bicyclic) bond motifs is 1. The molecule has 0 N–H and O–H groups in total. The summed E-state index contributed by atoms with van der Waals surface area (Å²) in [6.45, 7) is 10.8. The molecule has 3 rings (SSSR count). The summed E-state index contributed by atoms with van der Waals surface area (Å²) in [7, 11) is 2.19. The zero-order valence-electron chi connectivity index (χ0n) is 17.1. The average molecular weight is 357 g/mol. The van der Waals surface area contributed by atoms with E-state index in [1.165, 1.54) is 36.0 Å². The van der Waals surface area contributed by atoms with Crippen LogP contribution in [0.4, 0.5) is 0 Å². The van der Waals surface area contributed by atoms with Gasteiger partial charge in [-0.15, -0.1) is 0 Å². The van der Waals surface area contributed by atoms with E-state index in [4.69, 9.17) is 0 Å². The van der Waals surface area contributed by atoms with E-state index >= 15 is 0 Å². The predicted molar refractivity (Wildman–Crippen MR) is 108 cm³/mol. The Kier molecular flexibility index (Phi) is 6.39. The molecule has 2 aliphatic rings. The largest absolute Gasteiger partial charge is 0.342 e. The molecule has 2 heterocycles. The number of carbonyl (C=O) groups excluding carboxylic acids is 1. The van der Waals surface area contributed by atoms with Crippen LogP contribution in [0.25, 0.3) is 0 Å². The van der Waals surface area contributed by atoms with Crippen LogP contribution in [0.15, 0.2) is 18.2 Å². The van der Waals surface area contributed by atoms with Gasteiger partial charge >= 0.3 is 0 Å². The second-order valence-electron chi connectivity index (χ2n) is 9.27. The summed E-state index contributed by atoms with van der Waals surface area (Å²) in [4.78, 5) is 16.9. The lowest BCUT2D eigenvalue weighted by atomic mass is 9.85. The van der Waals surface area contributed by atoms with E-state index < -0.39 is 0 Å². The van der Waals surface area contributed by atoms with Crippen LogP contribution in [-0.4, -0.2) is 35.8 Å². The maximum absolute atomic E-state index is 12.4. The van der Waals surface area contributed by atoms with Gasteiger partial charge in [0.25, 0.3) is 0 Å². The number of rotatable bonds is 6. The second kappa shape index (κ2) is 8.56. The number of carbonyl (C=O) groups is 1. The molecule has 1 unspecified atom stereocenters. The van der Waals surface area contributed by atoms with Crippen LogP contribution in [0.1, 0.15) is 63.1 Å². The molecular weight excluding hydrogens is 320 g/mol. The van der Waals surface area contributed by atoms with Gasteiger partial charge in [-0.3, -0.25) is 9.69 Å². The first-order valence-corrected chi connectivity index (χ1v) is 10.5. The van der Waals surface area contributed by atoms with Crippen LogP contribution in [0, 0.1) is 17.8 Å². The monoisotopic (exact) mass is 356 g/mol. The van der Waals surface area contributed by atoms with Crippen LogP contribution in [-0.2, 0) is 24.3 Å². The van der Waals surface area contributed by atoms with Gasteiger partial charge in [-0.2, -0.15) is 0 Å². The Labute approximate surface area is 159 Å². The molecule has 2 aliphatic heterocycles. The predicted octanol–water partition coefficient (Wildman–Crippen LogP) is 4.49. The summed E-state index contributed by atoms with van der Waals surface area (Å²) in [5.41, 5.74) is 4.49. The van der Waals surface area contributed by atoms with Gasteiger partial charge in [0.15, 0.2) is 0 Å². The van der Waals surface area contributed by atoms with Crippen molar-refractivity contribution in [2.45, 2.75) is 66.0 Å². The third-order valence-electron chi connectivity index (χ3n) is 5.93. The third-order valence-corrected chi connectivity index (χ3v) is 5.93. The highest BCUT2D eigenvalue weighted by atomic mass is 16.2. The van der Waals surface area contributed by atoms with Crippen molar-refractivity contribution in [3.63, 3.8) is 0 Å². The molecule has 0 aromatic heterocycles. The molecule has 26 heavy (non-hydrogen) atoms. The Morgan fingerprint density at radius 2 is 1.96 bits per heavy atom. The maximum atomic E-state index is 12.4. The van der Waals surface area contributed by atoms with E-state index in [1.54, 1.807) is 0 Å². The summed E-state index contributed by atoms with van der Waals surface area (Å²) in [6.07, 6.45) is 5.55. The van der Waals surface area contributed by atoms with Crippen LogP contribution in [0.5, 0.6) is 0 Å². The van der Waals surface area contributed by atoms with E-state index in [9.17, 15) is 4.79 Å². The summed E-state index contributed by atoms with van der Waals surface area (Å²) in [5, 5.41) is 0. The molecule has 1 aromatic carbocycles. The van der Waals surface area contributed by atoms with E-state index in [2.05, 4.69) is 55.8 Å². The number of piperidine rings is 1. The van der Waals surface area contributed by atoms with Crippen molar-refractivity contribution in [3.05, 3.63) is 34.9 Å². The molecule has 0 radical (unpaired) electrons. The molecule has 0 saturated carbocycles. The number of benzene rings is 1. The maximum Gasteiger partial charge on any atom is 0.222 e. The van der Waals surface area contributed by atoms with Gasteiger partial charge in [-0.1, -0.05) is 39.0 Å². The molecule has 144 valence electrons. The lowest BCUT2D eigenvalue weighted by Gasteiger charge is -2.34. The van der Waals surface area contributed by atoms with Gasteiger partial charge in [0.05, 0.1) is 0 Å². The second-order valence-corrected chi connectivity index (χ2v) is 9.27. The van der Waals surface area contributed by atoms with Gasteiger partial charge in [0, 0.05) is 32.6 Å². The average Bonchev–Trinajstić information content (AvgIpc) is 2.93. The molecule has 2 atom stereocenters. The van der Waals surface area contributed by atoms with Crippen molar-refractivity contribution < 1.29 is 4.79 Å². The molecule has 0 spiro atoms. The molecular formula is C23H36N2O. The standard InChI is InChI=1S/C23H36N2O/c1-17(2)10-23(26)25-9-5-6-20(14-25)12-18(3)11-19-7-8-21-15-24(4)16-22(21)13-19/h7-8,13,17-18,20H,5-6,9-12,14-16H2,1-4H3/t18-,20?/m1/s1. The Bertz CT molecular complexity index is 625. The van der Waals surface area contributed by atoms with Crippen LogP contribution in [0.3, 0.4) is 0 Å². The molecule has 1 saturated heterocycles. The fourth-order valence-corrected chi connectivity index (χ4v) is 4.76. The van der Waals surface area contributed by atoms with Crippen molar-refractivity contribution in [1.82, 2.24) is 9.80 Å². The normalized spacial score (nSPS) is 21.9. The minimum Gasteiger partial charge on any atom is -0.342 e.